The fourth-order valence-corrected chi connectivity index (χ4v) is 1.26. The van der Waals surface area contributed by atoms with Gasteiger partial charge < -0.3 is 10.2 Å². The third-order valence-electron chi connectivity index (χ3n) is 2.17. The molecule has 0 aliphatic rings. The normalized spacial score (nSPS) is 9.94. The van der Waals surface area contributed by atoms with Gasteiger partial charge in [0.05, 0.1) is 4.92 Å². The van der Waals surface area contributed by atoms with E-state index in [0.717, 1.165) is 0 Å². The minimum Gasteiger partial charge on any atom is -0.364 e. The molecule has 0 atom stereocenters. The third-order valence-corrected chi connectivity index (χ3v) is 2.17. The van der Waals surface area contributed by atoms with E-state index in [1.165, 1.54) is 6.33 Å². The minimum absolute atomic E-state index is 0.0753. The van der Waals surface area contributed by atoms with Crippen LogP contribution < -0.4 is 10.2 Å². The highest BCUT2D eigenvalue weighted by Crippen LogP contribution is 2.30. The predicted octanol–water partition coefficient (Wildman–Crippen LogP) is 1.27. The summed E-state index contributed by atoms with van der Waals surface area (Å²) in [5.41, 5.74) is -0.0753. The van der Waals surface area contributed by atoms with E-state index >= 15 is 0 Å². The van der Waals surface area contributed by atoms with E-state index < -0.39 is 4.92 Å². The Hall–Kier alpha value is -1.92. The van der Waals surface area contributed by atoms with Gasteiger partial charge in [0.1, 0.15) is 6.33 Å². The Labute approximate surface area is 93.7 Å². The predicted molar refractivity (Wildman–Crippen MR) is 61.8 cm³/mol. The summed E-state index contributed by atoms with van der Waals surface area (Å²) in [6, 6.07) is 0. The lowest BCUT2D eigenvalue weighted by Gasteiger charge is -2.16. The first-order valence-electron chi connectivity index (χ1n) is 5.06. The standard InChI is InChI=1S/C9H15N5O2/c1-4-10-8-7(14(15)16)9(12-6-11-8)13(3)5-2/h6H,4-5H2,1-3H3,(H,10,11,12). The fourth-order valence-electron chi connectivity index (χ4n) is 1.26. The minimum atomic E-state index is -0.459. The molecule has 0 aromatic carbocycles. The molecular formula is C9H15N5O2. The molecule has 0 aliphatic heterocycles. The van der Waals surface area contributed by atoms with E-state index in [1.807, 2.05) is 13.8 Å². The summed E-state index contributed by atoms with van der Waals surface area (Å²) in [6.07, 6.45) is 1.33. The van der Waals surface area contributed by atoms with Crippen molar-refractivity contribution in [3.63, 3.8) is 0 Å². The summed E-state index contributed by atoms with van der Waals surface area (Å²) >= 11 is 0. The first-order chi connectivity index (χ1) is 7.61. The van der Waals surface area contributed by atoms with E-state index in [0.29, 0.717) is 18.9 Å². The van der Waals surface area contributed by atoms with Crippen LogP contribution in [0.5, 0.6) is 0 Å². The molecular weight excluding hydrogens is 210 g/mol. The summed E-state index contributed by atoms with van der Waals surface area (Å²) in [7, 11) is 1.76. The van der Waals surface area contributed by atoms with E-state index in [-0.39, 0.29) is 11.5 Å². The molecule has 0 aliphatic carbocycles. The number of hydrogen-bond donors (Lipinski definition) is 1. The van der Waals surface area contributed by atoms with Gasteiger partial charge in [-0.1, -0.05) is 0 Å². The molecule has 1 rings (SSSR count). The van der Waals surface area contributed by atoms with Crippen LogP contribution in [0.2, 0.25) is 0 Å². The van der Waals surface area contributed by atoms with Crippen molar-refractivity contribution in [2.24, 2.45) is 0 Å². The van der Waals surface area contributed by atoms with Crippen LogP contribution in [0.1, 0.15) is 13.8 Å². The maximum absolute atomic E-state index is 11.0. The van der Waals surface area contributed by atoms with Gasteiger partial charge in [-0.3, -0.25) is 10.1 Å². The van der Waals surface area contributed by atoms with Crippen LogP contribution >= 0.6 is 0 Å². The summed E-state index contributed by atoms with van der Waals surface area (Å²) < 4.78 is 0. The van der Waals surface area contributed by atoms with Crippen LogP contribution in [0, 0.1) is 10.1 Å². The quantitative estimate of drug-likeness (QED) is 0.600. The smallest absolute Gasteiger partial charge is 0.353 e. The second-order valence-electron chi connectivity index (χ2n) is 3.20. The van der Waals surface area contributed by atoms with E-state index in [2.05, 4.69) is 15.3 Å². The van der Waals surface area contributed by atoms with Crippen LogP contribution in [0.25, 0.3) is 0 Å². The molecule has 0 unspecified atom stereocenters. The molecule has 0 bridgehead atoms. The van der Waals surface area contributed by atoms with Gasteiger partial charge in [-0.2, -0.15) is 0 Å². The van der Waals surface area contributed by atoms with Crippen molar-refractivity contribution in [3.05, 3.63) is 16.4 Å². The summed E-state index contributed by atoms with van der Waals surface area (Å²) in [5, 5.41) is 13.9. The average molecular weight is 225 g/mol. The molecule has 0 amide bonds. The highest BCUT2D eigenvalue weighted by Gasteiger charge is 2.24. The monoisotopic (exact) mass is 225 g/mol. The molecule has 7 nitrogen and oxygen atoms in total. The van der Waals surface area contributed by atoms with Crippen molar-refractivity contribution in [1.29, 1.82) is 0 Å². The lowest BCUT2D eigenvalue weighted by Crippen LogP contribution is -2.20. The summed E-state index contributed by atoms with van der Waals surface area (Å²) in [5.74, 6) is 0.594. The number of hydrogen-bond acceptors (Lipinski definition) is 6. The topological polar surface area (TPSA) is 84.2 Å². The second-order valence-corrected chi connectivity index (χ2v) is 3.20. The van der Waals surface area contributed by atoms with E-state index in [1.54, 1.807) is 11.9 Å². The largest absolute Gasteiger partial charge is 0.364 e. The Bertz CT molecular complexity index is 382. The Balaban J connectivity index is 3.26. The number of aromatic nitrogens is 2. The van der Waals surface area contributed by atoms with Gasteiger partial charge in [0.25, 0.3) is 0 Å². The number of rotatable bonds is 5. The fraction of sp³-hybridized carbons (Fsp3) is 0.556. The molecule has 0 radical (unpaired) electrons. The van der Waals surface area contributed by atoms with Gasteiger partial charge in [0.2, 0.25) is 11.6 Å². The van der Waals surface area contributed by atoms with E-state index in [9.17, 15) is 10.1 Å². The van der Waals surface area contributed by atoms with Gasteiger partial charge in [-0.25, -0.2) is 9.97 Å². The number of nitro groups is 1. The van der Waals surface area contributed by atoms with Crippen molar-refractivity contribution in [3.8, 4) is 0 Å². The molecule has 16 heavy (non-hydrogen) atoms. The molecule has 1 aromatic rings. The van der Waals surface area contributed by atoms with Crippen LogP contribution in [0.15, 0.2) is 6.33 Å². The number of anilines is 2. The SMILES string of the molecule is CCNc1ncnc(N(C)CC)c1[N+](=O)[O-]. The average Bonchev–Trinajstić information content (AvgIpc) is 2.27. The van der Waals surface area contributed by atoms with Crippen molar-refractivity contribution in [2.45, 2.75) is 13.8 Å². The highest BCUT2D eigenvalue weighted by atomic mass is 16.6. The zero-order valence-corrected chi connectivity index (χ0v) is 9.60. The molecule has 1 aromatic heterocycles. The lowest BCUT2D eigenvalue weighted by molar-refractivity contribution is -0.383. The molecule has 1 N–H and O–H groups in total. The Morgan fingerprint density at radius 3 is 2.69 bits per heavy atom. The van der Waals surface area contributed by atoms with Crippen molar-refractivity contribution >= 4 is 17.3 Å². The van der Waals surface area contributed by atoms with E-state index in [4.69, 9.17) is 0 Å². The molecule has 1 heterocycles. The Morgan fingerprint density at radius 1 is 1.50 bits per heavy atom. The Kier molecular flexibility index (Phi) is 3.98. The van der Waals surface area contributed by atoms with Crippen LogP contribution in [-0.2, 0) is 0 Å². The molecule has 0 spiro atoms. The molecule has 7 heteroatoms. The zero-order valence-electron chi connectivity index (χ0n) is 9.60. The zero-order chi connectivity index (χ0) is 12.1. The summed E-state index contributed by atoms with van der Waals surface area (Å²) in [4.78, 5) is 20.1. The number of nitrogens with one attached hydrogen (secondary N) is 1. The van der Waals surface area contributed by atoms with Gasteiger partial charge in [-0.15, -0.1) is 0 Å². The van der Waals surface area contributed by atoms with Crippen molar-refractivity contribution < 1.29 is 4.92 Å². The maximum Gasteiger partial charge on any atom is 0.353 e. The van der Waals surface area contributed by atoms with Crippen LogP contribution in [-0.4, -0.2) is 35.0 Å². The Morgan fingerprint density at radius 2 is 2.19 bits per heavy atom. The van der Waals surface area contributed by atoms with Gasteiger partial charge in [0.15, 0.2) is 0 Å². The number of nitrogens with zero attached hydrogens (tertiary/aromatic N) is 4. The van der Waals surface area contributed by atoms with Crippen molar-refractivity contribution in [1.82, 2.24) is 9.97 Å². The van der Waals surface area contributed by atoms with Gasteiger partial charge in [-0.05, 0) is 13.8 Å². The lowest BCUT2D eigenvalue weighted by atomic mass is 10.4. The second kappa shape index (κ2) is 5.24. The third kappa shape index (κ3) is 2.36. The van der Waals surface area contributed by atoms with Gasteiger partial charge in [0, 0.05) is 20.1 Å². The first-order valence-corrected chi connectivity index (χ1v) is 5.06. The molecule has 88 valence electrons. The summed E-state index contributed by atoms with van der Waals surface area (Å²) in [6.45, 7) is 4.98. The molecule has 0 saturated carbocycles. The first kappa shape index (κ1) is 12.2. The van der Waals surface area contributed by atoms with Gasteiger partial charge >= 0.3 is 5.69 Å². The van der Waals surface area contributed by atoms with Crippen molar-refractivity contribution in [2.75, 3.05) is 30.4 Å². The molecule has 0 fully saturated rings. The maximum atomic E-state index is 11.0. The highest BCUT2D eigenvalue weighted by molar-refractivity contribution is 5.69. The van der Waals surface area contributed by atoms with Crippen LogP contribution in [0.4, 0.5) is 17.3 Å². The van der Waals surface area contributed by atoms with Crippen LogP contribution in [0.3, 0.4) is 0 Å². The molecule has 0 saturated heterocycles.